The third-order valence-electron chi connectivity index (χ3n) is 3.48. The minimum atomic E-state index is -0.359. The fourth-order valence-electron chi connectivity index (χ4n) is 2.56. The normalized spacial score (nSPS) is 19.2. The molecule has 2 rings (SSSR count). The second-order valence-electron chi connectivity index (χ2n) is 5.32. The molecule has 0 saturated carbocycles. The van der Waals surface area contributed by atoms with Gasteiger partial charge in [0.25, 0.3) is 5.69 Å². The van der Waals surface area contributed by atoms with Crippen molar-refractivity contribution in [1.29, 1.82) is 0 Å². The van der Waals surface area contributed by atoms with Crippen molar-refractivity contribution in [3.8, 4) is 0 Å². The lowest BCUT2D eigenvalue weighted by Gasteiger charge is -2.27. The Balaban J connectivity index is 1.95. The molecular weight excluding hydrogens is 324 g/mol. The monoisotopic (exact) mass is 342 g/mol. The first-order valence-corrected chi connectivity index (χ1v) is 7.54. The van der Waals surface area contributed by atoms with Crippen LogP contribution in [0.4, 0.5) is 5.69 Å². The summed E-state index contributed by atoms with van der Waals surface area (Å²) in [5, 5.41) is 10.9. The summed E-state index contributed by atoms with van der Waals surface area (Å²) in [5.74, 6) is 0.569. The molecule has 1 unspecified atom stereocenters. The van der Waals surface area contributed by atoms with Crippen LogP contribution in [0.25, 0.3) is 0 Å². The molecule has 20 heavy (non-hydrogen) atoms. The maximum Gasteiger partial charge on any atom is 0.283 e. The molecule has 1 aromatic carbocycles. The maximum absolute atomic E-state index is 10.9. The van der Waals surface area contributed by atoms with E-state index in [0.717, 1.165) is 31.7 Å². The van der Waals surface area contributed by atoms with Gasteiger partial charge >= 0.3 is 0 Å². The first-order valence-electron chi connectivity index (χ1n) is 6.75. The van der Waals surface area contributed by atoms with Crippen molar-refractivity contribution in [2.75, 3.05) is 26.8 Å². The summed E-state index contributed by atoms with van der Waals surface area (Å²) in [6.45, 7) is 3.37. The van der Waals surface area contributed by atoms with Gasteiger partial charge < -0.3 is 9.64 Å². The van der Waals surface area contributed by atoms with Crippen LogP contribution in [0, 0.1) is 16.0 Å². The van der Waals surface area contributed by atoms with Crippen molar-refractivity contribution in [3.63, 3.8) is 0 Å². The Hall–Kier alpha value is -0.980. The predicted molar refractivity (Wildman–Crippen MR) is 80.7 cm³/mol. The molecule has 0 N–H and O–H groups in total. The van der Waals surface area contributed by atoms with Gasteiger partial charge in [0, 0.05) is 25.8 Å². The van der Waals surface area contributed by atoms with Gasteiger partial charge in [-0.05, 0) is 53.4 Å². The van der Waals surface area contributed by atoms with Crippen molar-refractivity contribution in [1.82, 2.24) is 4.90 Å². The van der Waals surface area contributed by atoms with Crippen LogP contribution in [0.3, 0.4) is 0 Å². The van der Waals surface area contributed by atoms with Crippen molar-refractivity contribution < 1.29 is 9.66 Å². The second-order valence-corrected chi connectivity index (χ2v) is 6.18. The van der Waals surface area contributed by atoms with E-state index in [4.69, 9.17) is 4.74 Å². The van der Waals surface area contributed by atoms with Crippen LogP contribution in [-0.4, -0.2) is 36.6 Å². The summed E-state index contributed by atoms with van der Waals surface area (Å²) in [7, 11) is 2.04. The van der Waals surface area contributed by atoms with Crippen LogP contribution in [0.5, 0.6) is 0 Å². The Morgan fingerprint density at radius 1 is 1.55 bits per heavy atom. The molecule has 0 amide bonds. The van der Waals surface area contributed by atoms with Crippen LogP contribution in [-0.2, 0) is 11.3 Å². The number of nitrogens with zero attached hydrogens (tertiary/aromatic N) is 2. The van der Waals surface area contributed by atoms with Crippen molar-refractivity contribution in [2.24, 2.45) is 5.92 Å². The number of halogens is 1. The minimum Gasteiger partial charge on any atom is -0.381 e. The highest BCUT2D eigenvalue weighted by atomic mass is 79.9. The van der Waals surface area contributed by atoms with E-state index >= 15 is 0 Å². The molecule has 0 radical (unpaired) electrons. The predicted octanol–water partition coefficient (Wildman–Crippen LogP) is 3.22. The molecule has 1 aliphatic rings. The van der Waals surface area contributed by atoms with E-state index in [0.29, 0.717) is 16.9 Å². The van der Waals surface area contributed by atoms with Crippen LogP contribution >= 0.6 is 15.9 Å². The smallest absolute Gasteiger partial charge is 0.283 e. The molecule has 1 fully saturated rings. The highest BCUT2D eigenvalue weighted by molar-refractivity contribution is 9.10. The first kappa shape index (κ1) is 15.4. The van der Waals surface area contributed by atoms with E-state index < -0.39 is 0 Å². The van der Waals surface area contributed by atoms with Gasteiger partial charge in [-0.3, -0.25) is 10.1 Å². The molecule has 1 saturated heterocycles. The largest absolute Gasteiger partial charge is 0.381 e. The fraction of sp³-hybridized carbons (Fsp3) is 0.571. The topological polar surface area (TPSA) is 55.6 Å². The molecule has 6 heteroatoms. The number of ether oxygens (including phenoxy) is 1. The zero-order valence-corrected chi connectivity index (χ0v) is 13.1. The van der Waals surface area contributed by atoms with Crippen LogP contribution < -0.4 is 0 Å². The Labute approximate surface area is 127 Å². The Morgan fingerprint density at radius 3 is 3.00 bits per heavy atom. The van der Waals surface area contributed by atoms with Gasteiger partial charge in [0.2, 0.25) is 0 Å². The Bertz CT molecular complexity index is 475. The van der Waals surface area contributed by atoms with E-state index in [1.165, 1.54) is 6.42 Å². The van der Waals surface area contributed by atoms with Gasteiger partial charge in [-0.15, -0.1) is 0 Å². The molecule has 1 aliphatic heterocycles. The third kappa shape index (κ3) is 4.26. The summed E-state index contributed by atoms with van der Waals surface area (Å²) in [5.41, 5.74) is 1.08. The number of benzene rings is 1. The van der Waals surface area contributed by atoms with Crippen LogP contribution in [0.15, 0.2) is 22.7 Å². The van der Waals surface area contributed by atoms with Crippen molar-refractivity contribution in [2.45, 2.75) is 19.4 Å². The fourth-order valence-corrected chi connectivity index (χ4v) is 2.96. The summed E-state index contributed by atoms with van der Waals surface area (Å²) in [6.07, 6.45) is 2.33. The van der Waals surface area contributed by atoms with Crippen LogP contribution in [0.2, 0.25) is 0 Å². The average Bonchev–Trinajstić information content (AvgIpc) is 2.41. The lowest BCUT2D eigenvalue weighted by molar-refractivity contribution is -0.385. The second kappa shape index (κ2) is 7.15. The summed E-state index contributed by atoms with van der Waals surface area (Å²) in [4.78, 5) is 12.8. The van der Waals surface area contributed by atoms with E-state index in [9.17, 15) is 10.1 Å². The van der Waals surface area contributed by atoms with Gasteiger partial charge in [0.05, 0.1) is 16.0 Å². The lowest BCUT2D eigenvalue weighted by Crippen LogP contribution is -2.30. The summed E-state index contributed by atoms with van der Waals surface area (Å²) < 4.78 is 6.00. The molecule has 1 atom stereocenters. The molecule has 0 aliphatic carbocycles. The SMILES string of the molecule is CN(Cc1ccc(Br)c([N+](=O)[O-])c1)CC1CCCOC1. The number of nitro groups is 1. The first-order chi connectivity index (χ1) is 9.56. The molecule has 0 bridgehead atoms. The zero-order valence-electron chi connectivity index (χ0n) is 11.5. The lowest BCUT2D eigenvalue weighted by atomic mass is 10.0. The summed E-state index contributed by atoms with van der Waals surface area (Å²) >= 11 is 3.21. The number of nitro benzene ring substituents is 1. The Kier molecular flexibility index (Phi) is 5.51. The molecule has 0 spiro atoms. The number of rotatable bonds is 5. The van der Waals surface area contributed by atoms with Crippen molar-refractivity contribution >= 4 is 21.6 Å². The van der Waals surface area contributed by atoms with Crippen LogP contribution in [0.1, 0.15) is 18.4 Å². The van der Waals surface area contributed by atoms with E-state index in [1.54, 1.807) is 12.1 Å². The zero-order chi connectivity index (χ0) is 14.5. The molecule has 110 valence electrons. The maximum atomic E-state index is 10.9. The third-order valence-corrected chi connectivity index (χ3v) is 4.15. The number of hydrogen-bond donors (Lipinski definition) is 0. The van der Waals surface area contributed by atoms with E-state index in [1.807, 2.05) is 13.1 Å². The highest BCUT2D eigenvalue weighted by Gasteiger charge is 2.17. The Morgan fingerprint density at radius 2 is 2.35 bits per heavy atom. The van der Waals surface area contributed by atoms with Gasteiger partial charge in [-0.2, -0.15) is 0 Å². The number of hydrogen-bond acceptors (Lipinski definition) is 4. The quantitative estimate of drug-likeness (QED) is 0.609. The van der Waals surface area contributed by atoms with Gasteiger partial charge in [0.1, 0.15) is 0 Å². The van der Waals surface area contributed by atoms with Gasteiger partial charge in [-0.1, -0.05) is 6.07 Å². The van der Waals surface area contributed by atoms with Gasteiger partial charge in [0.15, 0.2) is 0 Å². The standard InChI is InChI=1S/C14H19BrN2O3/c1-16(9-12-3-2-6-20-10-12)8-11-4-5-13(15)14(7-11)17(18)19/h4-5,7,12H,2-3,6,8-10H2,1H3. The summed E-state index contributed by atoms with van der Waals surface area (Å²) in [6, 6.07) is 5.30. The molecule has 5 nitrogen and oxygen atoms in total. The van der Waals surface area contributed by atoms with E-state index in [-0.39, 0.29) is 10.6 Å². The molecule has 1 aromatic rings. The van der Waals surface area contributed by atoms with E-state index in [2.05, 4.69) is 20.8 Å². The highest BCUT2D eigenvalue weighted by Crippen LogP contribution is 2.26. The molecule has 1 heterocycles. The van der Waals surface area contributed by atoms with Gasteiger partial charge in [-0.25, -0.2) is 0 Å². The molecule has 0 aromatic heterocycles. The average molecular weight is 343 g/mol. The van der Waals surface area contributed by atoms with Crippen molar-refractivity contribution in [3.05, 3.63) is 38.3 Å². The minimum absolute atomic E-state index is 0.122. The molecular formula is C14H19BrN2O3.